The van der Waals surface area contributed by atoms with Gasteiger partial charge >= 0.3 is 0 Å². The molecule has 138 valence electrons. The molecule has 0 saturated carbocycles. The van der Waals surface area contributed by atoms with Gasteiger partial charge in [-0.2, -0.15) is 0 Å². The highest BCUT2D eigenvalue weighted by molar-refractivity contribution is 5.90. The predicted molar refractivity (Wildman–Crippen MR) is 103 cm³/mol. The van der Waals surface area contributed by atoms with Gasteiger partial charge in [-0.1, -0.05) is 24.3 Å². The van der Waals surface area contributed by atoms with Crippen molar-refractivity contribution in [3.05, 3.63) is 82.0 Å². The van der Waals surface area contributed by atoms with Gasteiger partial charge in [-0.3, -0.25) is 14.2 Å². The number of hydrogen-bond acceptors (Lipinski definition) is 4. The van der Waals surface area contributed by atoms with E-state index in [1.54, 1.807) is 13.0 Å². The maximum absolute atomic E-state index is 13.7. The fourth-order valence-electron chi connectivity index (χ4n) is 2.62. The van der Waals surface area contributed by atoms with Gasteiger partial charge in [-0.25, -0.2) is 9.37 Å². The number of carbonyl (C=O) groups excluding carboxylic acids is 1. The summed E-state index contributed by atoms with van der Waals surface area (Å²) in [6.07, 6.45) is 0. The van der Waals surface area contributed by atoms with Gasteiger partial charge in [0.2, 0.25) is 11.9 Å². The minimum atomic E-state index is -0.543. The number of rotatable bonds is 5. The van der Waals surface area contributed by atoms with E-state index in [4.69, 9.17) is 0 Å². The number of aromatic nitrogens is 2. The lowest BCUT2D eigenvalue weighted by Gasteiger charge is -2.14. The second-order valence-corrected chi connectivity index (χ2v) is 6.17. The van der Waals surface area contributed by atoms with Gasteiger partial charge in [0.05, 0.1) is 5.69 Å². The van der Waals surface area contributed by atoms with Crippen molar-refractivity contribution < 1.29 is 9.18 Å². The van der Waals surface area contributed by atoms with Crippen molar-refractivity contribution in [2.24, 2.45) is 0 Å². The lowest BCUT2D eigenvalue weighted by molar-refractivity contribution is -0.116. The van der Waals surface area contributed by atoms with E-state index in [0.717, 1.165) is 11.3 Å². The Morgan fingerprint density at radius 3 is 2.63 bits per heavy atom. The Labute approximate surface area is 155 Å². The molecule has 0 atom stereocenters. The molecule has 1 heterocycles. The molecule has 2 aromatic carbocycles. The molecule has 0 aliphatic rings. The number of amides is 1. The first-order valence-electron chi connectivity index (χ1n) is 8.39. The van der Waals surface area contributed by atoms with Crippen LogP contribution in [0.3, 0.4) is 0 Å². The lowest BCUT2D eigenvalue weighted by atomic mass is 10.2. The van der Waals surface area contributed by atoms with Crippen LogP contribution < -0.4 is 16.2 Å². The van der Waals surface area contributed by atoms with Crippen LogP contribution in [0.2, 0.25) is 0 Å². The zero-order valence-electron chi connectivity index (χ0n) is 15.0. The van der Waals surface area contributed by atoms with E-state index in [-0.39, 0.29) is 23.7 Å². The number of anilines is 3. The number of hydrogen-bond donors (Lipinski definition) is 2. The molecule has 3 rings (SSSR count). The highest BCUT2D eigenvalue weighted by Crippen LogP contribution is 2.16. The number of benzene rings is 2. The van der Waals surface area contributed by atoms with Crippen molar-refractivity contribution in [2.75, 3.05) is 10.6 Å². The van der Waals surface area contributed by atoms with Gasteiger partial charge in [0.15, 0.2) is 0 Å². The topological polar surface area (TPSA) is 76.0 Å². The van der Waals surface area contributed by atoms with Gasteiger partial charge in [-0.05, 0) is 43.7 Å². The van der Waals surface area contributed by atoms with Crippen molar-refractivity contribution in [3.63, 3.8) is 0 Å². The Morgan fingerprint density at radius 2 is 1.89 bits per heavy atom. The van der Waals surface area contributed by atoms with Crippen LogP contribution in [0.15, 0.2) is 59.4 Å². The largest absolute Gasteiger partial charge is 0.326 e. The zero-order chi connectivity index (χ0) is 19.4. The van der Waals surface area contributed by atoms with Crippen LogP contribution in [-0.2, 0) is 11.3 Å². The predicted octanol–water partition coefficient (Wildman–Crippen LogP) is 3.38. The zero-order valence-corrected chi connectivity index (χ0v) is 15.0. The number of aryl methyl sites for hydroxylation is 2. The normalized spacial score (nSPS) is 10.5. The van der Waals surface area contributed by atoms with E-state index >= 15 is 0 Å². The molecule has 0 aliphatic heterocycles. The van der Waals surface area contributed by atoms with Crippen LogP contribution in [-0.4, -0.2) is 15.5 Å². The molecule has 2 N–H and O–H groups in total. The molecule has 0 fully saturated rings. The Bertz CT molecular complexity index is 1050. The fourth-order valence-corrected chi connectivity index (χ4v) is 2.62. The molecule has 0 unspecified atom stereocenters. The van der Waals surface area contributed by atoms with Crippen molar-refractivity contribution in [1.82, 2.24) is 9.55 Å². The lowest BCUT2D eigenvalue weighted by Crippen LogP contribution is -2.30. The van der Waals surface area contributed by atoms with E-state index in [1.807, 2.05) is 31.2 Å². The number of carbonyl (C=O) groups is 1. The molecule has 0 saturated heterocycles. The maximum atomic E-state index is 13.7. The molecule has 1 amide bonds. The van der Waals surface area contributed by atoms with Crippen LogP contribution in [0.4, 0.5) is 21.7 Å². The molecule has 0 aliphatic carbocycles. The maximum Gasteiger partial charge on any atom is 0.255 e. The summed E-state index contributed by atoms with van der Waals surface area (Å²) < 4.78 is 14.9. The minimum absolute atomic E-state index is 0.0591. The third kappa shape index (κ3) is 4.58. The number of para-hydroxylation sites is 1. The van der Waals surface area contributed by atoms with E-state index < -0.39 is 11.7 Å². The molecule has 3 aromatic rings. The summed E-state index contributed by atoms with van der Waals surface area (Å²) in [4.78, 5) is 29.1. The molecule has 1 aromatic heterocycles. The van der Waals surface area contributed by atoms with Gasteiger partial charge < -0.3 is 10.6 Å². The number of nitrogens with one attached hydrogen (secondary N) is 2. The smallest absolute Gasteiger partial charge is 0.255 e. The van der Waals surface area contributed by atoms with Crippen LogP contribution in [0.1, 0.15) is 11.3 Å². The van der Waals surface area contributed by atoms with Crippen LogP contribution in [0.5, 0.6) is 0 Å². The van der Waals surface area contributed by atoms with Crippen LogP contribution >= 0.6 is 0 Å². The SMILES string of the molecule is Cc1cccc(Nc2nc(C)cc(=O)n2CC(=O)Nc2ccccc2F)c1. The molecule has 27 heavy (non-hydrogen) atoms. The molecule has 7 heteroatoms. The quantitative estimate of drug-likeness (QED) is 0.726. The van der Waals surface area contributed by atoms with Crippen LogP contribution in [0, 0.1) is 19.7 Å². The van der Waals surface area contributed by atoms with Crippen molar-refractivity contribution in [2.45, 2.75) is 20.4 Å². The first-order valence-corrected chi connectivity index (χ1v) is 8.39. The van der Waals surface area contributed by atoms with E-state index in [2.05, 4.69) is 15.6 Å². The fraction of sp³-hybridized carbons (Fsp3) is 0.150. The summed E-state index contributed by atoms with van der Waals surface area (Å²) in [5.41, 5.74) is 2.00. The Hall–Kier alpha value is -3.48. The standard InChI is InChI=1S/C20H19FN4O2/c1-13-6-5-7-15(10-13)23-20-22-14(2)11-19(27)25(20)12-18(26)24-17-9-4-3-8-16(17)21/h3-11H,12H2,1-2H3,(H,22,23)(H,24,26). The summed E-state index contributed by atoms with van der Waals surface area (Å²) >= 11 is 0. The Kier molecular flexibility index (Phi) is 5.30. The van der Waals surface area contributed by atoms with Crippen molar-refractivity contribution in [3.8, 4) is 0 Å². The third-order valence-corrected chi connectivity index (χ3v) is 3.86. The number of halogens is 1. The first kappa shape index (κ1) is 18.3. The summed E-state index contributed by atoms with van der Waals surface area (Å²) in [6.45, 7) is 3.35. The molecule has 0 spiro atoms. The number of nitrogens with zero attached hydrogens (tertiary/aromatic N) is 2. The average Bonchev–Trinajstić information content (AvgIpc) is 2.60. The van der Waals surface area contributed by atoms with Gasteiger partial charge in [0.1, 0.15) is 12.4 Å². The molecule has 6 nitrogen and oxygen atoms in total. The highest BCUT2D eigenvalue weighted by Gasteiger charge is 2.13. The Balaban J connectivity index is 1.87. The van der Waals surface area contributed by atoms with Crippen molar-refractivity contribution >= 4 is 23.2 Å². The summed E-state index contributed by atoms with van der Waals surface area (Å²) in [5.74, 6) is -0.826. The highest BCUT2D eigenvalue weighted by atomic mass is 19.1. The third-order valence-electron chi connectivity index (χ3n) is 3.86. The Morgan fingerprint density at radius 1 is 1.11 bits per heavy atom. The summed E-state index contributed by atoms with van der Waals surface area (Å²) in [5, 5.41) is 5.54. The van der Waals surface area contributed by atoms with E-state index in [1.165, 1.54) is 28.8 Å². The van der Waals surface area contributed by atoms with Gasteiger partial charge in [-0.15, -0.1) is 0 Å². The van der Waals surface area contributed by atoms with E-state index in [9.17, 15) is 14.0 Å². The molecule has 0 bridgehead atoms. The molecular weight excluding hydrogens is 347 g/mol. The monoisotopic (exact) mass is 366 g/mol. The van der Waals surface area contributed by atoms with E-state index in [0.29, 0.717) is 5.69 Å². The molecule has 0 radical (unpaired) electrons. The molecular formula is C20H19FN4O2. The second kappa shape index (κ2) is 7.82. The second-order valence-electron chi connectivity index (χ2n) is 6.17. The van der Waals surface area contributed by atoms with Gasteiger partial charge in [0.25, 0.3) is 5.56 Å². The summed E-state index contributed by atoms with van der Waals surface area (Å²) in [6, 6.07) is 14.8. The van der Waals surface area contributed by atoms with Gasteiger partial charge in [0, 0.05) is 17.4 Å². The first-order chi connectivity index (χ1) is 12.9. The minimum Gasteiger partial charge on any atom is -0.326 e. The van der Waals surface area contributed by atoms with Crippen molar-refractivity contribution in [1.29, 1.82) is 0 Å². The van der Waals surface area contributed by atoms with Crippen LogP contribution in [0.25, 0.3) is 0 Å². The summed E-state index contributed by atoms with van der Waals surface area (Å²) in [7, 11) is 0. The average molecular weight is 366 g/mol.